The third kappa shape index (κ3) is 1.30. The van der Waals surface area contributed by atoms with Crippen molar-refractivity contribution in [2.75, 3.05) is 0 Å². The highest BCUT2D eigenvalue weighted by Gasteiger charge is 2.22. The van der Waals surface area contributed by atoms with Crippen LogP contribution in [0.15, 0.2) is 16.7 Å². The number of halogens is 1. The molecule has 92 valence electrons. The predicted molar refractivity (Wildman–Crippen MR) is 69.6 cm³/mol. The van der Waals surface area contributed by atoms with Gasteiger partial charge in [-0.3, -0.25) is 9.67 Å². The second-order valence-electron chi connectivity index (χ2n) is 4.05. The quantitative estimate of drug-likeness (QED) is 0.745. The molecule has 3 rings (SSSR count). The average molecular weight is 309 g/mol. The van der Waals surface area contributed by atoms with Crippen LogP contribution >= 0.6 is 15.9 Å². The molecule has 0 amide bonds. The fourth-order valence-corrected chi connectivity index (χ4v) is 2.55. The van der Waals surface area contributed by atoms with Crippen molar-refractivity contribution in [3.8, 4) is 0 Å². The van der Waals surface area contributed by atoms with Gasteiger partial charge in [-0.25, -0.2) is 4.79 Å². The van der Waals surface area contributed by atoms with E-state index in [1.54, 1.807) is 22.5 Å². The minimum absolute atomic E-state index is 0.0455. The van der Waals surface area contributed by atoms with Crippen molar-refractivity contribution >= 4 is 44.0 Å². The molecule has 0 spiro atoms. The number of pyridine rings is 1. The molecular formula is C11H9BrN4O2. The summed E-state index contributed by atoms with van der Waals surface area (Å²) in [5.41, 5.74) is 2.99. The maximum Gasteiger partial charge on any atom is 0.358 e. The lowest BCUT2D eigenvalue weighted by atomic mass is 10.3. The summed E-state index contributed by atoms with van der Waals surface area (Å²) in [6.45, 7) is 0. The van der Waals surface area contributed by atoms with Crippen LogP contribution in [0, 0.1) is 0 Å². The summed E-state index contributed by atoms with van der Waals surface area (Å²) < 4.78 is 4.21. The highest BCUT2D eigenvalue weighted by molar-refractivity contribution is 9.10. The SMILES string of the molecule is Cn1nc(C(=O)O)c2c1c1ncc(Br)cc1n2C. The van der Waals surface area contributed by atoms with Crippen LogP contribution < -0.4 is 0 Å². The number of hydrogen-bond donors (Lipinski definition) is 1. The lowest BCUT2D eigenvalue weighted by Crippen LogP contribution is -2.02. The van der Waals surface area contributed by atoms with Crippen LogP contribution in [0.4, 0.5) is 0 Å². The Hall–Kier alpha value is -1.89. The number of nitrogens with zero attached hydrogens (tertiary/aromatic N) is 4. The monoisotopic (exact) mass is 308 g/mol. The van der Waals surface area contributed by atoms with Gasteiger partial charge in [-0.15, -0.1) is 0 Å². The Morgan fingerprint density at radius 3 is 2.78 bits per heavy atom. The number of aryl methyl sites for hydroxylation is 2. The molecule has 7 heteroatoms. The summed E-state index contributed by atoms with van der Waals surface area (Å²) in [5, 5.41) is 13.2. The number of fused-ring (bicyclic) bond motifs is 3. The molecule has 6 nitrogen and oxygen atoms in total. The number of carbonyl (C=O) groups is 1. The van der Waals surface area contributed by atoms with E-state index in [0.29, 0.717) is 5.52 Å². The molecule has 0 aliphatic rings. The van der Waals surface area contributed by atoms with Crippen molar-refractivity contribution in [1.82, 2.24) is 19.3 Å². The molecule has 0 saturated heterocycles. The van der Waals surface area contributed by atoms with Crippen molar-refractivity contribution < 1.29 is 9.90 Å². The number of rotatable bonds is 1. The van der Waals surface area contributed by atoms with Crippen LogP contribution in [-0.4, -0.2) is 30.4 Å². The predicted octanol–water partition coefficient (Wildman–Crippen LogP) is 1.92. The first-order chi connectivity index (χ1) is 8.50. The smallest absolute Gasteiger partial charge is 0.358 e. The normalized spacial score (nSPS) is 11.5. The van der Waals surface area contributed by atoms with Crippen LogP contribution in [0.2, 0.25) is 0 Å². The van der Waals surface area contributed by atoms with Crippen molar-refractivity contribution in [2.45, 2.75) is 0 Å². The molecule has 0 aliphatic heterocycles. The lowest BCUT2D eigenvalue weighted by molar-refractivity contribution is 0.0691. The fourth-order valence-electron chi connectivity index (χ4n) is 2.23. The Balaban J connectivity index is 2.60. The molecule has 0 fully saturated rings. The third-order valence-corrected chi connectivity index (χ3v) is 3.41. The molecule has 0 unspecified atom stereocenters. The number of carboxylic acid groups (broad SMARTS) is 1. The second kappa shape index (κ2) is 3.55. The molecule has 3 aromatic rings. The van der Waals surface area contributed by atoms with Gasteiger partial charge < -0.3 is 9.67 Å². The van der Waals surface area contributed by atoms with E-state index in [4.69, 9.17) is 0 Å². The molecule has 0 radical (unpaired) electrons. The standard InChI is InChI=1S/C11H9BrN4O2/c1-15-6-3-5(12)4-13-7(6)10-9(15)8(11(17)18)14-16(10)2/h3-4H,1-2H3,(H,17,18). The van der Waals surface area contributed by atoms with Gasteiger partial charge in [0.1, 0.15) is 16.6 Å². The van der Waals surface area contributed by atoms with Crippen LogP contribution in [0.25, 0.3) is 22.1 Å². The van der Waals surface area contributed by atoms with Crippen molar-refractivity contribution in [1.29, 1.82) is 0 Å². The van der Waals surface area contributed by atoms with Gasteiger partial charge in [-0.2, -0.15) is 5.10 Å². The van der Waals surface area contributed by atoms with Crippen LogP contribution in [0.1, 0.15) is 10.5 Å². The first-order valence-electron chi connectivity index (χ1n) is 5.20. The van der Waals surface area contributed by atoms with Crippen LogP contribution in [0.5, 0.6) is 0 Å². The number of hydrogen-bond acceptors (Lipinski definition) is 3. The Kier molecular flexibility index (Phi) is 2.21. The Morgan fingerprint density at radius 2 is 2.11 bits per heavy atom. The molecular weight excluding hydrogens is 300 g/mol. The van der Waals surface area contributed by atoms with Gasteiger partial charge >= 0.3 is 5.97 Å². The molecule has 0 saturated carbocycles. The van der Waals surface area contributed by atoms with E-state index >= 15 is 0 Å². The van der Waals surface area contributed by atoms with Gasteiger partial charge in [0.2, 0.25) is 0 Å². The summed E-state index contributed by atoms with van der Waals surface area (Å²) in [4.78, 5) is 15.5. The van der Waals surface area contributed by atoms with Crippen molar-refractivity contribution in [2.24, 2.45) is 14.1 Å². The van der Waals surface area contributed by atoms with E-state index in [2.05, 4.69) is 26.0 Å². The molecule has 3 heterocycles. The van der Waals surface area contributed by atoms with Gasteiger partial charge in [0.05, 0.1) is 5.52 Å². The fraction of sp³-hybridized carbons (Fsp3) is 0.182. The minimum atomic E-state index is -1.04. The first-order valence-corrected chi connectivity index (χ1v) is 6.00. The van der Waals surface area contributed by atoms with Crippen LogP contribution in [0.3, 0.4) is 0 Å². The van der Waals surface area contributed by atoms with E-state index < -0.39 is 5.97 Å². The Bertz CT molecular complexity index is 802. The van der Waals surface area contributed by atoms with E-state index in [-0.39, 0.29) is 5.69 Å². The zero-order valence-electron chi connectivity index (χ0n) is 9.68. The van der Waals surface area contributed by atoms with Crippen molar-refractivity contribution in [3.05, 3.63) is 22.4 Å². The maximum absolute atomic E-state index is 11.2. The van der Waals surface area contributed by atoms with Gasteiger partial charge in [0.25, 0.3) is 0 Å². The first kappa shape index (κ1) is 11.2. The summed E-state index contributed by atoms with van der Waals surface area (Å²) in [7, 11) is 3.53. The summed E-state index contributed by atoms with van der Waals surface area (Å²) >= 11 is 3.36. The highest BCUT2D eigenvalue weighted by Crippen LogP contribution is 2.29. The number of aromatic carboxylic acids is 1. The summed E-state index contributed by atoms with van der Waals surface area (Å²) in [5.74, 6) is -1.04. The Labute approximate surface area is 110 Å². The minimum Gasteiger partial charge on any atom is -0.476 e. The molecule has 3 aromatic heterocycles. The number of carboxylic acids is 1. The Morgan fingerprint density at radius 1 is 1.39 bits per heavy atom. The van der Waals surface area contributed by atoms with Crippen molar-refractivity contribution in [3.63, 3.8) is 0 Å². The van der Waals surface area contributed by atoms with Gasteiger partial charge in [-0.1, -0.05) is 0 Å². The topological polar surface area (TPSA) is 72.9 Å². The van der Waals surface area contributed by atoms with E-state index in [1.165, 1.54) is 0 Å². The molecule has 0 atom stereocenters. The molecule has 0 aliphatic carbocycles. The second-order valence-corrected chi connectivity index (χ2v) is 4.97. The third-order valence-electron chi connectivity index (χ3n) is 2.98. The van der Waals surface area contributed by atoms with E-state index in [0.717, 1.165) is 21.0 Å². The molecule has 18 heavy (non-hydrogen) atoms. The zero-order valence-corrected chi connectivity index (χ0v) is 11.3. The average Bonchev–Trinajstić information content (AvgIpc) is 2.78. The lowest BCUT2D eigenvalue weighted by Gasteiger charge is -1.98. The van der Waals surface area contributed by atoms with E-state index in [1.807, 2.05) is 13.1 Å². The maximum atomic E-state index is 11.2. The van der Waals surface area contributed by atoms with Gasteiger partial charge in [0, 0.05) is 24.8 Å². The van der Waals surface area contributed by atoms with E-state index in [9.17, 15) is 9.90 Å². The highest BCUT2D eigenvalue weighted by atomic mass is 79.9. The molecule has 1 N–H and O–H groups in total. The largest absolute Gasteiger partial charge is 0.476 e. The summed E-state index contributed by atoms with van der Waals surface area (Å²) in [6, 6.07) is 1.91. The summed E-state index contributed by atoms with van der Waals surface area (Å²) in [6.07, 6.45) is 1.69. The number of aromatic nitrogens is 4. The van der Waals surface area contributed by atoms with Crippen LogP contribution in [-0.2, 0) is 14.1 Å². The molecule has 0 bridgehead atoms. The zero-order chi connectivity index (χ0) is 13.0. The molecule has 0 aromatic carbocycles. The van der Waals surface area contributed by atoms with Gasteiger partial charge in [0.15, 0.2) is 5.69 Å². The van der Waals surface area contributed by atoms with Gasteiger partial charge in [-0.05, 0) is 22.0 Å².